The molecule has 2 nitrogen and oxygen atoms in total. The molecule has 0 radical (unpaired) electrons. The van der Waals surface area contributed by atoms with Gasteiger partial charge in [-0.15, -0.1) is 0 Å². The number of rotatable bonds is 2. The lowest BCUT2D eigenvalue weighted by molar-refractivity contribution is 0.628. The summed E-state index contributed by atoms with van der Waals surface area (Å²) >= 11 is 0. The summed E-state index contributed by atoms with van der Waals surface area (Å²) in [6.45, 7) is 4.57. The second-order valence-electron chi connectivity index (χ2n) is 4.49. The Morgan fingerprint density at radius 1 is 1.40 bits per heavy atom. The van der Waals surface area contributed by atoms with E-state index in [-0.39, 0.29) is 0 Å². The molecule has 0 aliphatic carbocycles. The van der Waals surface area contributed by atoms with Crippen LogP contribution in [-0.2, 0) is 0 Å². The third-order valence-electron chi connectivity index (χ3n) is 3.43. The Labute approximate surface area is 92.1 Å². The molecule has 1 aromatic rings. The first-order chi connectivity index (χ1) is 7.22. The molecule has 2 unspecified atom stereocenters. The van der Waals surface area contributed by atoms with Gasteiger partial charge in [0.15, 0.2) is 0 Å². The van der Waals surface area contributed by atoms with E-state index in [1.807, 2.05) is 12.1 Å². The summed E-state index contributed by atoms with van der Waals surface area (Å²) in [6.07, 6.45) is 3.83. The number of nitrogens with zero attached hydrogens (tertiary/aromatic N) is 1. The summed E-state index contributed by atoms with van der Waals surface area (Å²) in [5.74, 6) is 0. The van der Waals surface area contributed by atoms with Crippen LogP contribution in [-0.4, -0.2) is 12.1 Å². The third kappa shape index (κ3) is 1.94. The van der Waals surface area contributed by atoms with Gasteiger partial charge in [-0.25, -0.2) is 0 Å². The summed E-state index contributed by atoms with van der Waals surface area (Å²) in [5, 5.41) is 0. The standard InChI is InChI=1S/C13H20N2/c1-3-12-8-7-10(2)15(12)13-6-4-5-11(14)9-13/h4-6,9-10,12H,3,7-8,14H2,1-2H3. The van der Waals surface area contributed by atoms with Crippen molar-refractivity contribution in [3.63, 3.8) is 0 Å². The van der Waals surface area contributed by atoms with Crippen molar-refractivity contribution in [1.29, 1.82) is 0 Å². The molecule has 1 aliphatic rings. The summed E-state index contributed by atoms with van der Waals surface area (Å²) in [7, 11) is 0. The highest BCUT2D eigenvalue weighted by molar-refractivity contribution is 5.57. The third-order valence-corrected chi connectivity index (χ3v) is 3.43. The minimum absolute atomic E-state index is 0.650. The lowest BCUT2D eigenvalue weighted by Crippen LogP contribution is -2.34. The van der Waals surface area contributed by atoms with Crippen LogP contribution in [0.1, 0.15) is 33.1 Å². The molecule has 2 rings (SSSR count). The molecule has 1 saturated heterocycles. The Morgan fingerprint density at radius 3 is 2.87 bits per heavy atom. The second kappa shape index (κ2) is 4.13. The SMILES string of the molecule is CCC1CCC(C)N1c1cccc(N)c1. The Morgan fingerprint density at radius 2 is 2.20 bits per heavy atom. The average Bonchev–Trinajstić information content (AvgIpc) is 2.59. The molecular formula is C13H20N2. The molecule has 2 heteroatoms. The monoisotopic (exact) mass is 204 g/mol. The van der Waals surface area contributed by atoms with Gasteiger partial charge in [-0.05, 0) is 44.4 Å². The van der Waals surface area contributed by atoms with Crippen molar-refractivity contribution >= 4 is 11.4 Å². The zero-order valence-corrected chi connectivity index (χ0v) is 9.61. The van der Waals surface area contributed by atoms with Gasteiger partial charge >= 0.3 is 0 Å². The molecule has 0 spiro atoms. The molecule has 15 heavy (non-hydrogen) atoms. The van der Waals surface area contributed by atoms with Crippen LogP contribution in [0.25, 0.3) is 0 Å². The highest BCUT2D eigenvalue weighted by Gasteiger charge is 2.29. The van der Waals surface area contributed by atoms with Gasteiger partial charge in [0.25, 0.3) is 0 Å². The molecule has 2 atom stereocenters. The van der Waals surface area contributed by atoms with Gasteiger partial charge in [-0.3, -0.25) is 0 Å². The van der Waals surface area contributed by atoms with E-state index in [1.165, 1.54) is 24.9 Å². The van der Waals surface area contributed by atoms with Gasteiger partial charge in [-0.1, -0.05) is 13.0 Å². The van der Waals surface area contributed by atoms with E-state index in [9.17, 15) is 0 Å². The fourth-order valence-electron chi connectivity index (χ4n) is 2.62. The van der Waals surface area contributed by atoms with Gasteiger partial charge in [0.2, 0.25) is 0 Å². The molecule has 1 aromatic carbocycles. The zero-order valence-electron chi connectivity index (χ0n) is 9.61. The molecule has 0 amide bonds. The van der Waals surface area contributed by atoms with Crippen LogP contribution in [0.4, 0.5) is 11.4 Å². The van der Waals surface area contributed by atoms with Crippen molar-refractivity contribution in [3.8, 4) is 0 Å². The lowest BCUT2D eigenvalue weighted by Gasteiger charge is -2.30. The van der Waals surface area contributed by atoms with Crippen LogP contribution in [0, 0.1) is 0 Å². The van der Waals surface area contributed by atoms with E-state index in [1.54, 1.807) is 0 Å². The quantitative estimate of drug-likeness (QED) is 0.750. The Balaban J connectivity index is 2.28. The predicted octanol–water partition coefficient (Wildman–Crippen LogP) is 3.04. The van der Waals surface area contributed by atoms with Gasteiger partial charge in [-0.2, -0.15) is 0 Å². The van der Waals surface area contributed by atoms with Gasteiger partial charge in [0.1, 0.15) is 0 Å². The van der Waals surface area contributed by atoms with Crippen molar-refractivity contribution in [1.82, 2.24) is 0 Å². The van der Waals surface area contributed by atoms with E-state index in [0.29, 0.717) is 12.1 Å². The number of hydrogen-bond acceptors (Lipinski definition) is 2. The van der Waals surface area contributed by atoms with Crippen LogP contribution in [0.2, 0.25) is 0 Å². The zero-order chi connectivity index (χ0) is 10.8. The number of hydrogen-bond donors (Lipinski definition) is 1. The van der Waals surface area contributed by atoms with E-state index < -0.39 is 0 Å². The molecule has 0 bridgehead atoms. The Kier molecular flexibility index (Phi) is 2.85. The Bertz CT molecular complexity index is 335. The molecule has 2 N–H and O–H groups in total. The number of anilines is 2. The van der Waals surface area contributed by atoms with E-state index in [4.69, 9.17) is 5.73 Å². The van der Waals surface area contributed by atoms with E-state index >= 15 is 0 Å². The molecule has 1 heterocycles. The van der Waals surface area contributed by atoms with Gasteiger partial charge < -0.3 is 10.6 Å². The smallest absolute Gasteiger partial charge is 0.0391 e. The van der Waals surface area contributed by atoms with Crippen molar-refractivity contribution in [2.24, 2.45) is 0 Å². The molecular weight excluding hydrogens is 184 g/mol. The highest BCUT2D eigenvalue weighted by atomic mass is 15.2. The largest absolute Gasteiger partial charge is 0.399 e. The number of nitrogens with two attached hydrogens (primary N) is 1. The first-order valence-electron chi connectivity index (χ1n) is 5.86. The van der Waals surface area contributed by atoms with E-state index in [2.05, 4.69) is 30.9 Å². The van der Waals surface area contributed by atoms with Crippen LogP contribution in [0.3, 0.4) is 0 Å². The maximum absolute atomic E-state index is 5.83. The van der Waals surface area contributed by atoms with Crippen LogP contribution in [0.15, 0.2) is 24.3 Å². The van der Waals surface area contributed by atoms with Crippen LogP contribution < -0.4 is 10.6 Å². The van der Waals surface area contributed by atoms with E-state index in [0.717, 1.165) is 5.69 Å². The summed E-state index contributed by atoms with van der Waals surface area (Å²) in [6, 6.07) is 9.59. The summed E-state index contributed by atoms with van der Waals surface area (Å²) < 4.78 is 0. The normalized spacial score (nSPS) is 25.9. The molecule has 0 aromatic heterocycles. The van der Waals surface area contributed by atoms with Crippen molar-refractivity contribution in [2.45, 2.75) is 45.2 Å². The maximum atomic E-state index is 5.83. The van der Waals surface area contributed by atoms with Gasteiger partial charge in [0.05, 0.1) is 0 Å². The molecule has 82 valence electrons. The fourth-order valence-corrected chi connectivity index (χ4v) is 2.62. The fraction of sp³-hybridized carbons (Fsp3) is 0.538. The first-order valence-corrected chi connectivity index (χ1v) is 5.86. The van der Waals surface area contributed by atoms with Gasteiger partial charge in [0, 0.05) is 23.5 Å². The number of nitrogen functional groups attached to an aromatic ring is 1. The summed E-state index contributed by atoms with van der Waals surface area (Å²) in [5.41, 5.74) is 7.98. The number of benzene rings is 1. The summed E-state index contributed by atoms with van der Waals surface area (Å²) in [4.78, 5) is 2.52. The lowest BCUT2D eigenvalue weighted by atomic mass is 10.1. The molecule has 0 saturated carbocycles. The topological polar surface area (TPSA) is 29.3 Å². The minimum atomic E-state index is 0.650. The predicted molar refractivity (Wildman–Crippen MR) is 66.1 cm³/mol. The molecule has 1 aliphatic heterocycles. The molecule has 1 fully saturated rings. The second-order valence-corrected chi connectivity index (χ2v) is 4.49. The average molecular weight is 204 g/mol. The van der Waals surface area contributed by atoms with Crippen molar-refractivity contribution in [2.75, 3.05) is 10.6 Å². The maximum Gasteiger partial charge on any atom is 0.0391 e. The Hall–Kier alpha value is -1.18. The first kappa shape index (κ1) is 10.3. The van der Waals surface area contributed by atoms with Crippen molar-refractivity contribution in [3.05, 3.63) is 24.3 Å². The highest BCUT2D eigenvalue weighted by Crippen LogP contribution is 2.32. The van der Waals surface area contributed by atoms with Crippen LogP contribution in [0.5, 0.6) is 0 Å². The van der Waals surface area contributed by atoms with Crippen LogP contribution >= 0.6 is 0 Å². The van der Waals surface area contributed by atoms with Crippen molar-refractivity contribution < 1.29 is 0 Å². The minimum Gasteiger partial charge on any atom is -0.399 e.